The van der Waals surface area contributed by atoms with Crippen molar-refractivity contribution in [3.05, 3.63) is 87.0 Å². The molecule has 0 atom stereocenters. The Labute approximate surface area is 214 Å². The van der Waals surface area contributed by atoms with Crippen molar-refractivity contribution in [2.24, 2.45) is 0 Å². The van der Waals surface area contributed by atoms with Gasteiger partial charge in [-0.1, -0.05) is 48.0 Å². The van der Waals surface area contributed by atoms with E-state index in [4.69, 9.17) is 21.6 Å². The first-order valence-corrected chi connectivity index (χ1v) is 13.5. The molecule has 2 aromatic heterocycles. The summed E-state index contributed by atoms with van der Waals surface area (Å²) in [6, 6.07) is 17.6. The van der Waals surface area contributed by atoms with Gasteiger partial charge in [-0.25, -0.2) is 9.97 Å². The van der Waals surface area contributed by atoms with Gasteiger partial charge in [0.25, 0.3) is 5.91 Å². The summed E-state index contributed by atoms with van der Waals surface area (Å²) < 4.78 is 0. The molecule has 3 heterocycles. The number of carbonyl (C=O) groups excluding carboxylic acids is 1. The predicted molar refractivity (Wildman–Crippen MR) is 143 cm³/mol. The third kappa shape index (κ3) is 4.53. The molecule has 0 N–H and O–H groups in total. The van der Waals surface area contributed by atoms with Crippen LogP contribution in [0.4, 0.5) is 5.82 Å². The molecule has 2 aliphatic rings. The zero-order chi connectivity index (χ0) is 23.8. The van der Waals surface area contributed by atoms with Gasteiger partial charge in [0.05, 0.1) is 5.39 Å². The largest absolute Gasteiger partial charge is 0.352 e. The summed E-state index contributed by atoms with van der Waals surface area (Å²) in [5.74, 6) is 1.96. The Bertz CT molecular complexity index is 1380. The third-order valence-electron chi connectivity index (χ3n) is 6.98. The van der Waals surface area contributed by atoms with Crippen LogP contribution in [0.3, 0.4) is 0 Å². The highest BCUT2D eigenvalue weighted by Crippen LogP contribution is 2.40. The number of aryl methyl sites for hydroxylation is 2. The highest BCUT2D eigenvalue weighted by Gasteiger charge is 2.28. The molecule has 1 amide bonds. The van der Waals surface area contributed by atoms with Gasteiger partial charge in [-0.15, -0.1) is 11.3 Å². The van der Waals surface area contributed by atoms with Crippen LogP contribution in [0.15, 0.2) is 54.6 Å². The summed E-state index contributed by atoms with van der Waals surface area (Å²) in [4.78, 5) is 30.1. The Morgan fingerprint density at radius 2 is 1.74 bits per heavy atom. The van der Waals surface area contributed by atoms with Crippen molar-refractivity contribution in [1.82, 2.24) is 14.9 Å². The van der Waals surface area contributed by atoms with E-state index in [0.717, 1.165) is 48.8 Å². The number of anilines is 1. The predicted octanol–water partition coefficient (Wildman–Crippen LogP) is 5.78. The van der Waals surface area contributed by atoms with E-state index in [1.54, 1.807) is 12.1 Å². The second-order valence-electron chi connectivity index (χ2n) is 9.31. The van der Waals surface area contributed by atoms with E-state index in [-0.39, 0.29) is 5.91 Å². The highest BCUT2D eigenvalue weighted by molar-refractivity contribution is 7.19. The van der Waals surface area contributed by atoms with E-state index in [9.17, 15) is 4.79 Å². The van der Waals surface area contributed by atoms with Crippen molar-refractivity contribution in [3.63, 3.8) is 0 Å². The maximum Gasteiger partial charge on any atom is 0.254 e. The van der Waals surface area contributed by atoms with Gasteiger partial charge in [0.15, 0.2) is 0 Å². The summed E-state index contributed by atoms with van der Waals surface area (Å²) in [6.45, 7) is 2.84. The molecule has 4 aromatic rings. The topological polar surface area (TPSA) is 49.3 Å². The Morgan fingerprint density at radius 1 is 0.943 bits per heavy atom. The lowest BCUT2D eigenvalue weighted by molar-refractivity contribution is 0.0746. The van der Waals surface area contributed by atoms with E-state index < -0.39 is 0 Å². The van der Waals surface area contributed by atoms with E-state index >= 15 is 0 Å². The standard InChI is InChI=1S/C28H27ClN4OS/c29-21-10-6-9-20(18-21)28(34)33-15-13-32(14-16-33)26-25-22-11-4-5-12-23(22)35-27(25)31-24(30-26)17-19-7-2-1-3-8-19/h1-3,6-10,18H,4-5,11-17H2. The monoisotopic (exact) mass is 502 g/mol. The van der Waals surface area contributed by atoms with Crippen LogP contribution in [0.25, 0.3) is 10.2 Å². The van der Waals surface area contributed by atoms with Gasteiger partial charge in [0, 0.05) is 48.1 Å². The molecule has 0 unspecified atom stereocenters. The molecule has 5 nitrogen and oxygen atoms in total. The van der Waals surface area contributed by atoms with Crippen molar-refractivity contribution in [1.29, 1.82) is 0 Å². The third-order valence-corrected chi connectivity index (χ3v) is 8.41. The first-order chi connectivity index (χ1) is 17.2. The number of amides is 1. The second-order valence-corrected chi connectivity index (χ2v) is 10.8. The number of thiophene rings is 1. The highest BCUT2D eigenvalue weighted by atomic mass is 35.5. The molecule has 1 aliphatic carbocycles. The average molecular weight is 503 g/mol. The number of carbonyl (C=O) groups is 1. The molecule has 0 bridgehead atoms. The van der Waals surface area contributed by atoms with E-state index in [2.05, 4.69) is 29.2 Å². The van der Waals surface area contributed by atoms with Crippen LogP contribution in [0.5, 0.6) is 0 Å². The van der Waals surface area contributed by atoms with Gasteiger partial charge in [-0.05, 0) is 55.0 Å². The molecule has 7 heteroatoms. The summed E-state index contributed by atoms with van der Waals surface area (Å²) in [6.07, 6.45) is 5.46. The molecule has 1 fully saturated rings. The number of hydrogen-bond acceptors (Lipinski definition) is 5. The molecule has 0 saturated carbocycles. The first kappa shape index (κ1) is 22.5. The summed E-state index contributed by atoms with van der Waals surface area (Å²) >= 11 is 7.97. The number of fused-ring (bicyclic) bond motifs is 3. The average Bonchev–Trinajstić information content (AvgIpc) is 3.27. The number of aromatic nitrogens is 2. The minimum atomic E-state index is 0.0395. The minimum Gasteiger partial charge on any atom is -0.352 e. The number of halogens is 1. The van der Waals surface area contributed by atoms with Crippen LogP contribution in [-0.4, -0.2) is 47.0 Å². The van der Waals surface area contributed by atoms with E-state index in [1.807, 2.05) is 34.4 Å². The fraction of sp³-hybridized carbons (Fsp3) is 0.321. The molecule has 6 rings (SSSR count). The molecule has 0 radical (unpaired) electrons. The number of rotatable bonds is 4. The normalized spacial score (nSPS) is 15.9. The zero-order valence-electron chi connectivity index (χ0n) is 19.5. The number of piperazine rings is 1. The molecule has 1 saturated heterocycles. The number of nitrogens with zero attached hydrogens (tertiary/aromatic N) is 4. The summed E-state index contributed by atoms with van der Waals surface area (Å²) in [5, 5.41) is 1.84. The van der Waals surface area contributed by atoms with E-state index in [1.165, 1.54) is 34.2 Å². The zero-order valence-corrected chi connectivity index (χ0v) is 21.1. The minimum absolute atomic E-state index is 0.0395. The van der Waals surface area contributed by atoms with Crippen molar-refractivity contribution in [2.75, 3.05) is 31.1 Å². The second kappa shape index (κ2) is 9.59. The van der Waals surface area contributed by atoms with Crippen molar-refractivity contribution < 1.29 is 4.79 Å². The lowest BCUT2D eigenvalue weighted by atomic mass is 9.96. The lowest BCUT2D eigenvalue weighted by Gasteiger charge is -2.36. The maximum absolute atomic E-state index is 13.0. The fourth-order valence-electron chi connectivity index (χ4n) is 5.19. The van der Waals surface area contributed by atoms with Gasteiger partial charge in [0.1, 0.15) is 16.5 Å². The summed E-state index contributed by atoms with van der Waals surface area (Å²) in [5.41, 5.74) is 3.32. The fourth-order valence-corrected chi connectivity index (χ4v) is 6.66. The quantitative estimate of drug-likeness (QED) is 0.355. The van der Waals surface area contributed by atoms with Crippen LogP contribution in [-0.2, 0) is 19.3 Å². The van der Waals surface area contributed by atoms with Crippen LogP contribution in [0.1, 0.15) is 45.0 Å². The SMILES string of the molecule is O=C(c1cccc(Cl)c1)N1CCN(c2nc(Cc3ccccc3)nc3sc4c(c23)CCCC4)CC1. The summed E-state index contributed by atoms with van der Waals surface area (Å²) in [7, 11) is 0. The number of benzene rings is 2. The Balaban J connectivity index is 1.30. The number of hydrogen-bond donors (Lipinski definition) is 0. The first-order valence-electron chi connectivity index (χ1n) is 12.3. The molecule has 178 valence electrons. The van der Waals surface area contributed by atoms with Gasteiger partial charge < -0.3 is 9.80 Å². The maximum atomic E-state index is 13.0. The van der Waals surface area contributed by atoms with Crippen molar-refractivity contribution in [3.8, 4) is 0 Å². The molecular weight excluding hydrogens is 476 g/mol. The Kier molecular flexibility index (Phi) is 6.17. The van der Waals surface area contributed by atoms with Crippen LogP contribution in [0.2, 0.25) is 5.02 Å². The van der Waals surface area contributed by atoms with Gasteiger partial charge in [-0.2, -0.15) is 0 Å². The Morgan fingerprint density at radius 3 is 2.54 bits per heavy atom. The lowest BCUT2D eigenvalue weighted by Crippen LogP contribution is -2.49. The van der Waals surface area contributed by atoms with Crippen LogP contribution < -0.4 is 4.90 Å². The smallest absolute Gasteiger partial charge is 0.254 e. The Hall–Kier alpha value is -2.96. The van der Waals surface area contributed by atoms with Crippen LogP contribution in [0, 0.1) is 0 Å². The molecule has 0 spiro atoms. The van der Waals surface area contributed by atoms with Crippen molar-refractivity contribution >= 4 is 44.9 Å². The van der Waals surface area contributed by atoms with Crippen LogP contribution >= 0.6 is 22.9 Å². The molecule has 35 heavy (non-hydrogen) atoms. The molecule has 1 aliphatic heterocycles. The van der Waals surface area contributed by atoms with Gasteiger partial charge >= 0.3 is 0 Å². The van der Waals surface area contributed by atoms with Gasteiger partial charge in [-0.3, -0.25) is 4.79 Å². The molecule has 2 aromatic carbocycles. The van der Waals surface area contributed by atoms with Gasteiger partial charge in [0.2, 0.25) is 0 Å². The molecular formula is C28H27ClN4OS. The van der Waals surface area contributed by atoms with E-state index in [0.29, 0.717) is 23.7 Å². The van der Waals surface area contributed by atoms with Crippen molar-refractivity contribution in [2.45, 2.75) is 32.1 Å².